The third-order valence-electron chi connectivity index (χ3n) is 3.56. The van der Waals surface area contributed by atoms with E-state index in [2.05, 4.69) is 27.8 Å². The number of nitrogens with one attached hydrogen (secondary N) is 2. The van der Waals surface area contributed by atoms with Gasteiger partial charge in [0.25, 0.3) is 0 Å². The number of rotatable bonds is 8. The van der Waals surface area contributed by atoms with Crippen molar-refractivity contribution in [3.05, 3.63) is 23.4 Å². The van der Waals surface area contributed by atoms with Gasteiger partial charge in [-0.3, -0.25) is 4.79 Å². The summed E-state index contributed by atoms with van der Waals surface area (Å²) in [6.07, 6.45) is 4.49. The van der Waals surface area contributed by atoms with Crippen LogP contribution in [0.5, 0.6) is 0 Å². The Morgan fingerprint density at radius 3 is 3.24 bits per heavy atom. The molecule has 0 spiro atoms. The summed E-state index contributed by atoms with van der Waals surface area (Å²) in [6.45, 7) is 4.82. The van der Waals surface area contributed by atoms with E-state index in [0.29, 0.717) is 26.2 Å². The van der Waals surface area contributed by atoms with Crippen LogP contribution in [-0.4, -0.2) is 37.2 Å². The van der Waals surface area contributed by atoms with E-state index in [-0.39, 0.29) is 5.91 Å². The Morgan fingerprint density at radius 2 is 2.38 bits per heavy atom. The van der Waals surface area contributed by atoms with Gasteiger partial charge < -0.3 is 15.4 Å². The molecular formula is C16H25N3O2. The predicted molar refractivity (Wildman–Crippen MR) is 83.5 cm³/mol. The number of hydrogen-bond donors (Lipinski definition) is 2. The Bertz CT molecular complexity index is 463. The molecule has 1 aliphatic heterocycles. The van der Waals surface area contributed by atoms with Crippen molar-refractivity contribution in [1.29, 1.82) is 0 Å². The number of nitrogens with zero attached hydrogens (tertiary/aromatic N) is 1. The minimum Gasteiger partial charge on any atom is -0.380 e. The van der Waals surface area contributed by atoms with Crippen molar-refractivity contribution >= 4 is 11.7 Å². The first-order valence-corrected chi connectivity index (χ1v) is 7.86. The van der Waals surface area contributed by atoms with Crippen molar-refractivity contribution < 1.29 is 9.53 Å². The number of aromatic nitrogens is 1. The van der Waals surface area contributed by atoms with Crippen molar-refractivity contribution in [2.45, 2.75) is 39.0 Å². The smallest absolute Gasteiger partial charge is 0.220 e. The summed E-state index contributed by atoms with van der Waals surface area (Å²) >= 11 is 0. The average molecular weight is 291 g/mol. The molecule has 1 aliphatic rings. The summed E-state index contributed by atoms with van der Waals surface area (Å²) in [4.78, 5) is 16.3. The second-order valence-electron chi connectivity index (χ2n) is 5.24. The van der Waals surface area contributed by atoms with Gasteiger partial charge in [-0.15, -0.1) is 0 Å². The van der Waals surface area contributed by atoms with Crippen molar-refractivity contribution in [3.8, 4) is 0 Å². The molecule has 2 heterocycles. The minimum absolute atomic E-state index is 0.0887. The summed E-state index contributed by atoms with van der Waals surface area (Å²) in [5.74, 6) is 1.12. The second-order valence-corrected chi connectivity index (χ2v) is 5.24. The van der Waals surface area contributed by atoms with E-state index in [0.717, 1.165) is 37.3 Å². The highest BCUT2D eigenvalue weighted by Gasteiger charge is 2.10. The number of pyridine rings is 1. The molecule has 0 unspecified atom stereocenters. The van der Waals surface area contributed by atoms with E-state index in [4.69, 9.17) is 4.74 Å². The van der Waals surface area contributed by atoms with Gasteiger partial charge in [0.1, 0.15) is 5.82 Å². The molecule has 0 saturated carbocycles. The summed E-state index contributed by atoms with van der Waals surface area (Å²) in [5, 5.41) is 6.19. The normalized spacial score (nSPS) is 13.4. The van der Waals surface area contributed by atoms with Crippen LogP contribution in [0.2, 0.25) is 0 Å². The first-order valence-electron chi connectivity index (χ1n) is 7.86. The Morgan fingerprint density at radius 1 is 1.48 bits per heavy atom. The highest BCUT2D eigenvalue weighted by atomic mass is 16.5. The van der Waals surface area contributed by atoms with Crippen LogP contribution in [0.4, 0.5) is 5.82 Å². The SMILES string of the molecule is CCOCCNC(=O)CCCc1ccc2c(n1)NCCC2. The summed E-state index contributed by atoms with van der Waals surface area (Å²) < 4.78 is 5.18. The molecular weight excluding hydrogens is 266 g/mol. The number of amides is 1. The van der Waals surface area contributed by atoms with Crippen LogP contribution in [0, 0.1) is 0 Å². The quantitative estimate of drug-likeness (QED) is 0.718. The Labute approximate surface area is 126 Å². The molecule has 1 amide bonds. The highest BCUT2D eigenvalue weighted by molar-refractivity contribution is 5.75. The number of ether oxygens (including phenoxy) is 1. The number of hydrogen-bond acceptors (Lipinski definition) is 4. The molecule has 2 N–H and O–H groups in total. The maximum atomic E-state index is 11.6. The first-order chi connectivity index (χ1) is 10.3. The molecule has 0 fully saturated rings. The van der Waals surface area contributed by atoms with Gasteiger partial charge in [-0.1, -0.05) is 6.07 Å². The Balaban J connectivity index is 1.67. The van der Waals surface area contributed by atoms with Gasteiger partial charge in [0, 0.05) is 31.8 Å². The van der Waals surface area contributed by atoms with Crippen LogP contribution in [-0.2, 0) is 22.4 Å². The summed E-state index contributed by atoms with van der Waals surface area (Å²) in [6, 6.07) is 4.24. The maximum absolute atomic E-state index is 11.6. The molecule has 0 aliphatic carbocycles. The van der Waals surface area contributed by atoms with Crippen LogP contribution >= 0.6 is 0 Å². The lowest BCUT2D eigenvalue weighted by molar-refractivity contribution is -0.121. The zero-order valence-electron chi connectivity index (χ0n) is 12.8. The molecule has 5 nitrogen and oxygen atoms in total. The molecule has 0 saturated heterocycles. The summed E-state index contributed by atoms with van der Waals surface area (Å²) in [7, 11) is 0. The van der Waals surface area contributed by atoms with Crippen LogP contribution in [0.3, 0.4) is 0 Å². The van der Waals surface area contributed by atoms with Gasteiger partial charge in [-0.2, -0.15) is 0 Å². The lowest BCUT2D eigenvalue weighted by Gasteiger charge is -2.17. The van der Waals surface area contributed by atoms with Crippen molar-refractivity contribution in [2.75, 3.05) is 31.6 Å². The standard InChI is InChI=1S/C16H25N3O2/c1-2-21-12-11-17-15(20)7-3-6-14-9-8-13-5-4-10-18-16(13)19-14/h8-9H,2-7,10-12H2,1H3,(H,17,20)(H,18,19). The van der Waals surface area contributed by atoms with Gasteiger partial charge in [-0.05, 0) is 44.2 Å². The number of fused-ring (bicyclic) bond motifs is 1. The molecule has 1 aromatic heterocycles. The number of anilines is 1. The molecule has 5 heteroatoms. The monoisotopic (exact) mass is 291 g/mol. The van der Waals surface area contributed by atoms with E-state index in [1.54, 1.807) is 0 Å². The van der Waals surface area contributed by atoms with E-state index in [1.165, 1.54) is 12.0 Å². The molecule has 0 aromatic carbocycles. The number of carbonyl (C=O) groups excluding carboxylic acids is 1. The van der Waals surface area contributed by atoms with Gasteiger partial charge in [0.2, 0.25) is 5.91 Å². The van der Waals surface area contributed by atoms with Gasteiger partial charge >= 0.3 is 0 Å². The van der Waals surface area contributed by atoms with Crippen molar-refractivity contribution in [1.82, 2.24) is 10.3 Å². The number of carbonyl (C=O) groups is 1. The Hall–Kier alpha value is -1.62. The van der Waals surface area contributed by atoms with E-state index >= 15 is 0 Å². The third-order valence-corrected chi connectivity index (χ3v) is 3.56. The van der Waals surface area contributed by atoms with Crippen LogP contribution in [0.15, 0.2) is 12.1 Å². The third kappa shape index (κ3) is 5.34. The van der Waals surface area contributed by atoms with Crippen LogP contribution in [0.25, 0.3) is 0 Å². The van der Waals surface area contributed by atoms with Crippen LogP contribution < -0.4 is 10.6 Å². The lowest BCUT2D eigenvalue weighted by atomic mass is 10.1. The van der Waals surface area contributed by atoms with E-state index in [9.17, 15) is 4.79 Å². The topological polar surface area (TPSA) is 63.2 Å². The molecule has 1 aromatic rings. The molecule has 0 bridgehead atoms. The van der Waals surface area contributed by atoms with E-state index < -0.39 is 0 Å². The fraction of sp³-hybridized carbons (Fsp3) is 0.625. The zero-order chi connectivity index (χ0) is 14.9. The average Bonchev–Trinajstić information content (AvgIpc) is 2.51. The van der Waals surface area contributed by atoms with Crippen LogP contribution in [0.1, 0.15) is 37.4 Å². The van der Waals surface area contributed by atoms with Crippen molar-refractivity contribution in [2.24, 2.45) is 0 Å². The second kappa shape index (κ2) is 8.62. The van der Waals surface area contributed by atoms with E-state index in [1.807, 2.05) is 6.92 Å². The van der Waals surface area contributed by atoms with Gasteiger partial charge in [-0.25, -0.2) is 4.98 Å². The molecule has 2 rings (SSSR count). The molecule has 116 valence electrons. The Kier molecular flexibility index (Phi) is 6.47. The number of aryl methyl sites for hydroxylation is 2. The fourth-order valence-electron chi connectivity index (χ4n) is 2.43. The lowest BCUT2D eigenvalue weighted by Crippen LogP contribution is -2.27. The van der Waals surface area contributed by atoms with Crippen molar-refractivity contribution in [3.63, 3.8) is 0 Å². The highest BCUT2D eigenvalue weighted by Crippen LogP contribution is 2.20. The minimum atomic E-state index is 0.0887. The fourth-order valence-corrected chi connectivity index (χ4v) is 2.43. The molecule has 21 heavy (non-hydrogen) atoms. The maximum Gasteiger partial charge on any atom is 0.220 e. The first kappa shape index (κ1) is 15.8. The summed E-state index contributed by atoms with van der Waals surface area (Å²) in [5.41, 5.74) is 2.36. The largest absolute Gasteiger partial charge is 0.380 e. The zero-order valence-corrected chi connectivity index (χ0v) is 12.8. The predicted octanol–water partition coefficient (Wildman–Crippen LogP) is 1.92. The molecule has 0 atom stereocenters. The van der Waals surface area contributed by atoms with Gasteiger partial charge in [0.15, 0.2) is 0 Å². The molecule has 0 radical (unpaired) electrons. The van der Waals surface area contributed by atoms with Gasteiger partial charge in [0.05, 0.1) is 6.61 Å².